The second kappa shape index (κ2) is 19.9. The van der Waals surface area contributed by atoms with Crippen LogP contribution >= 0.6 is 0 Å². The molecular formula is C58H63NO6SSi2. The van der Waals surface area contributed by atoms with Crippen molar-refractivity contribution in [2.75, 3.05) is 17.9 Å². The first-order valence-electron chi connectivity index (χ1n) is 23.4. The third kappa shape index (κ3) is 9.66. The highest BCUT2D eigenvalue weighted by molar-refractivity contribution is 7.92. The molecule has 1 aliphatic rings. The van der Waals surface area contributed by atoms with Crippen molar-refractivity contribution in [3.8, 4) is 11.5 Å². The van der Waals surface area contributed by atoms with Crippen molar-refractivity contribution in [1.82, 2.24) is 0 Å². The summed E-state index contributed by atoms with van der Waals surface area (Å²) in [5.41, 5.74) is 3.23. The summed E-state index contributed by atoms with van der Waals surface area (Å²) in [4.78, 5) is 0.108. The molecule has 350 valence electrons. The number of ether oxygens (including phenoxy) is 1. The summed E-state index contributed by atoms with van der Waals surface area (Å²) < 4.78 is 54.2. The molecule has 0 aromatic heterocycles. The van der Waals surface area contributed by atoms with Crippen LogP contribution in [0.25, 0.3) is 0 Å². The van der Waals surface area contributed by atoms with Crippen LogP contribution in [0.3, 0.4) is 0 Å². The maximum absolute atomic E-state index is 14.7. The molecule has 0 saturated heterocycles. The van der Waals surface area contributed by atoms with Gasteiger partial charge in [-0.15, -0.1) is 0 Å². The van der Waals surface area contributed by atoms with Gasteiger partial charge in [-0.1, -0.05) is 223 Å². The first-order valence-corrected chi connectivity index (χ1v) is 28.7. The van der Waals surface area contributed by atoms with Crippen molar-refractivity contribution in [2.45, 2.75) is 81.9 Å². The van der Waals surface area contributed by atoms with Crippen LogP contribution in [-0.2, 0) is 25.5 Å². The molecule has 7 aromatic carbocycles. The Kier molecular flexibility index (Phi) is 14.2. The second-order valence-corrected chi connectivity index (χ2v) is 30.1. The summed E-state index contributed by atoms with van der Waals surface area (Å²) in [6, 6.07) is 60.0. The largest absolute Gasteiger partial charge is 0.507 e. The first kappa shape index (κ1) is 48.4. The summed E-state index contributed by atoms with van der Waals surface area (Å²) in [5.74, 6) is -0.824. The van der Waals surface area contributed by atoms with E-state index in [0.717, 1.165) is 31.9 Å². The summed E-state index contributed by atoms with van der Waals surface area (Å²) in [6.07, 6.45) is 4.23. The number of hydrogen-bond acceptors (Lipinski definition) is 6. The Hall–Kier alpha value is -6.02. The molecule has 7 nitrogen and oxygen atoms in total. The minimum Gasteiger partial charge on any atom is -0.507 e. The lowest BCUT2D eigenvalue weighted by Gasteiger charge is -2.45. The minimum atomic E-state index is -4.19. The van der Waals surface area contributed by atoms with Crippen LogP contribution in [0, 0.1) is 6.92 Å². The third-order valence-corrected chi connectivity index (χ3v) is 24.6. The molecule has 8 rings (SSSR count). The standard InChI is InChI=1S/C58H63NO6SSi2/c1-43-33-37-47(38-34-43)66(61,62)59-56-53(63-40-44-23-13-8-14-24-44)39-52(60)54-45(41-64-67(57(2,3)4,48-25-15-9-16-26-48)49-27-17-10-18-28-49)35-36-46(55(54)56)42-65-68(58(5,6)7,50-29-19-11-20-30-50)51-31-21-12-22-32-51/h8-39,45-46,59-60H,40-42H2,1-7H3. The lowest BCUT2D eigenvalue weighted by molar-refractivity contribution is 0.270. The van der Waals surface area contributed by atoms with Crippen LogP contribution < -0.4 is 30.2 Å². The van der Waals surface area contributed by atoms with Crippen LogP contribution in [0.4, 0.5) is 5.69 Å². The van der Waals surface area contributed by atoms with Crippen molar-refractivity contribution in [2.24, 2.45) is 0 Å². The van der Waals surface area contributed by atoms with E-state index in [9.17, 15) is 13.5 Å². The first-order chi connectivity index (χ1) is 32.5. The molecule has 0 aliphatic heterocycles. The van der Waals surface area contributed by atoms with Gasteiger partial charge in [0.05, 0.1) is 10.6 Å². The number of fused-ring (bicyclic) bond motifs is 1. The number of rotatable bonds is 16. The molecule has 0 amide bonds. The predicted molar refractivity (Wildman–Crippen MR) is 283 cm³/mol. The number of benzene rings is 7. The molecule has 0 heterocycles. The number of aryl methyl sites for hydroxylation is 1. The van der Waals surface area contributed by atoms with Gasteiger partial charge in [0.2, 0.25) is 0 Å². The van der Waals surface area contributed by atoms with Gasteiger partial charge in [0, 0.05) is 36.7 Å². The number of anilines is 1. The number of phenolic OH excluding ortho intramolecular Hbond substituents is 1. The van der Waals surface area contributed by atoms with Crippen LogP contribution in [0.5, 0.6) is 11.5 Å². The molecule has 1 aliphatic carbocycles. The SMILES string of the molecule is Cc1ccc(S(=O)(=O)Nc2c(OCc3ccccc3)cc(O)c3c2C(CO[Si](c2ccccc2)(c2ccccc2)C(C)(C)C)C=CC3CO[Si](c2ccccc2)(c2ccccc2)C(C)(C)C)cc1. The van der Waals surface area contributed by atoms with Gasteiger partial charge in [0.1, 0.15) is 18.1 Å². The Bertz CT molecular complexity index is 2840. The molecule has 68 heavy (non-hydrogen) atoms. The van der Waals surface area contributed by atoms with E-state index in [4.69, 9.17) is 13.6 Å². The maximum atomic E-state index is 14.7. The molecule has 0 fully saturated rings. The van der Waals surface area contributed by atoms with Crippen molar-refractivity contribution in [1.29, 1.82) is 0 Å². The Balaban J connectivity index is 1.32. The van der Waals surface area contributed by atoms with Gasteiger partial charge in [-0.05, 0) is 61.0 Å². The average Bonchev–Trinajstić information content (AvgIpc) is 3.33. The van der Waals surface area contributed by atoms with Crippen molar-refractivity contribution < 1.29 is 27.1 Å². The van der Waals surface area contributed by atoms with Gasteiger partial charge in [0.15, 0.2) is 0 Å². The number of hydrogen-bond donors (Lipinski definition) is 2. The van der Waals surface area contributed by atoms with Gasteiger partial charge in [-0.25, -0.2) is 8.42 Å². The molecule has 10 heteroatoms. The molecule has 2 N–H and O–H groups in total. The normalized spacial score (nSPS) is 15.4. The van der Waals surface area contributed by atoms with E-state index in [1.54, 1.807) is 30.3 Å². The Labute approximate surface area is 405 Å². The fourth-order valence-electron chi connectivity index (χ4n) is 10.0. The Morgan fingerprint density at radius 1 is 0.544 bits per heavy atom. The highest BCUT2D eigenvalue weighted by Gasteiger charge is 2.52. The average molecular weight is 958 g/mol. The number of phenols is 1. The third-order valence-electron chi connectivity index (χ3n) is 13.3. The van der Waals surface area contributed by atoms with E-state index >= 15 is 0 Å². The van der Waals surface area contributed by atoms with Gasteiger partial charge >= 0.3 is 0 Å². The number of nitrogens with one attached hydrogen (secondary N) is 1. The monoisotopic (exact) mass is 957 g/mol. The van der Waals surface area contributed by atoms with Crippen LogP contribution in [0.2, 0.25) is 10.1 Å². The summed E-state index contributed by atoms with van der Waals surface area (Å²) in [6.45, 7) is 15.9. The van der Waals surface area contributed by atoms with Gasteiger partial charge in [-0.2, -0.15) is 0 Å². The lowest BCUT2D eigenvalue weighted by Crippen LogP contribution is -2.67. The summed E-state index contributed by atoms with van der Waals surface area (Å²) in [7, 11) is -10.4. The van der Waals surface area contributed by atoms with E-state index in [1.165, 1.54) is 0 Å². The van der Waals surface area contributed by atoms with E-state index in [0.29, 0.717) is 11.1 Å². The zero-order valence-electron chi connectivity index (χ0n) is 40.1. The topological polar surface area (TPSA) is 94.1 Å². The van der Waals surface area contributed by atoms with E-state index in [2.05, 4.69) is 155 Å². The van der Waals surface area contributed by atoms with Crippen LogP contribution in [0.1, 0.15) is 75.6 Å². The number of sulfonamides is 1. The fraction of sp³-hybridized carbons (Fsp3) is 0.241. The van der Waals surface area contributed by atoms with Crippen LogP contribution in [-0.4, -0.2) is 43.4 Å². The lowest BCUT2D eigenvalue weighted by atomic mass is 9.80. The summed E-state index contributed by atoms with van der Waals surface area (Å²) >= 11 is 0. The van der Waals surface area contributed by atoms with Gasteiger partial charge in [0.25, 0.3) is 26.7 Å². The quantitative estimate of drug-likeness (QED) is 0.0569. The highest BCUT2D eigenvalue weighted by atomic mass is 32.2. The molecule has 2 unspecified atom stereocenters. The molecule has 0 bridgehead atoms. The van der Waals surface area contributed by atoms with Crippen molar-refractivity contribution >= 4 is 53.1 Å². The van der Waals surface area contributed by atoms with Gasteiger partial charge in [-0.3, -0.25) is 4.72 Å². The minimum absolute atomic E-state index is 0.0165. The second-order valence-electron chi connectivity index (χ2n) is 19.8. The maximum Gasteiger partial charge on any atom is 0.262 e. The Morgan fingerprint density at radius 2 is 0.926 bits per heavy atom. The molecular weight excluding hydrogens is 895 g/mol. The van der Waals surface area contributed by atoms with Gasteiger partial charge < -0.3 is 18.7 Å². The fourth-order valence-corrected chi connectivity index (χ4v) is 20.3. The zero-order chi connectivity index (χ0) is 48.2. The summed E-state index contributed by atoms with van der Waals surface area (Å²) in [5, 5.41) is 16.4. The highest BCUT2D eigenvalue weighted by Crippen LogP contribution is 2.50. The molecule has 7 aromatic rings. The Morgan fingerprint density at radius 3 is 1.32 bits per heavy atom. The van der Waals surface area contributed by atoms with E-state index < -0.39 is 38.5 Å². The van der Waals surface area contributed by atoms with Crippen molar-refractivity contribution in [3.63, 3.8) is 0 Å². The molecule has 0 saturated carbocycles. The predicted octanol–water partition coefficient (Wildman–Crippen LogP) is 11.0. The molecule has 0 spiro atoms. The van der Waals surface area contributed by atoms with Crippen molar-refractivity contribution in [3.05, 3.63) is 216 Å². The molecule has 2 atom stereocenters. The van der Waals surface area contributed by atoms with Crippen LogP contribution in [0.15, 0.2) is 199 Å². The zero-order valence-corrected chi connectivity index (χ0v) is 43.0. The molecule has 0 radical (unpaired) electrons. The van der Waals surface area contributed by atoms with E-state index in [1.807, 2.05) is 61.5 Å². The van der Waals surface area contributed by atoms with E-state index in [-0.39, 0.29) is 52.0 Å². The number of aromatic hydroxyl groups is 1. The smallest absolute Gasteiger partial charge is 0.262 e.